The van der Waals surface area contributed by atoms with Crippen LogP contribution in [0.15, 0.2) is 36.0 Å². The molecule has 7 atom stereocenters. The average Bonchev–Trinajstić information content (AvgIpc) is 2.87. The summed E-state index contributed by atoms with van der Waals surface area (Å²) < 4.78 is 16.8. The predicted octanol–water partition coefficient (Wildman–Crippen LogP) is 2.73. The fraction of sp³-hybridized carbons (Fsp3) is 0.636. The molecule has 152 valence electrons. The number of carboxylic acid groups (broad SMARTS) is 1. The molecule has 0 aromatic rings. The van der Waals surface area contributed by atoms with E-state index in [1.165, 1.54) is 12.2 Å². The lowest BCUT2D eigenvalue weighted by Gasteiger charge is -2.61. The van der Waals surface area contributed by atoms with Crippen molar-refractivity contribution in [2.75, 3.05) is 0 Å². The molecule has 0 spiro atoms. The minimum atomic E-state index is -1.99. The van der Waals surface area contributed by atoms with Gasteiger partial charge in [0.25, 0.3) is 0 Å². The molecule has 2 fully saturated rings. The van der Waals surface area contributed by atoms with Crippen molar-refractivity contribution in [2.24, 2.45) is 22.7 Å². The molecule has 28 heavy (non-hydrogen) atoms. The highest BCUT2D eigenvalue weighted by atomic mass is 19.1. The van der Waals surface area contributed by atoms with Crippen LogP contribution in [0.1, 0.15) is 46.0 Å². The van der Waals surface area contributed by atoms with Crippen LogP contribution in [0, 0.1) is 22.7 Å². The maximum absolute atomic E-state index is 16.8. The Morgan fingerprint density at radius 1 is 1.32 bits per heavy atom. The Morgan fingerprint density at radius 2 is 2.04 bits per heavy atom. The molecule has 0 aromatic heterocycles. The topological polar surface area (TPSA) is 94.8 Å². The predicted molar refractivity (Wildman–Crippen MR) is 100 cm³/mol. The zero-order valence-electron chi connectivity index (χ0n) is 16.2. The number of allylic oxidation sites excluding steroid dienone is 6. The minimum absolute atomic E-state index is 0.0548. The average molecular weight is 390 g/mol. The highest BCUT2D eigenvalue weighted by Gasteiger charge is 2.72. The molecular formula is C22H27FO5. The van der Waals surface area contributed by atoms with Gasteiger partial charge >= 0.3 is 5.97 Å². The largest absolute Gasteiger partial charge is 0.481 e. The van der Waals surface area contributed by atoms with E-state index in [2.05, 4.69) is 0 Å². The number of rotatable bonds is 3. The van der Waals surface area contributed by atoms with E-state index in [-0.39, 0.29) is 31.0 Å². The van der Waals surface area contributed by atoms with Crippen molar-refractivity contribution in [2.45, 2.75) is 63.3 Å². The first-order chi connectivity index (χ1) is 13.0. The number of fused-ring (bicyclic) bond motifs is 5. The van der Waals surface area contributed by atoms with Crippen molar-refractivity contribution in [3.8, 4) is 0 Å². The van der Waals surface area contributed by atoms with Gasteiger partial charge in [0.05, 0.1) is 11.7 Å². The molecule has 0 aliphatic heterocycles. The van der Waals surface area contributed by atoms with Crippen molar-refractivity contribution in [1.29, 1.82) is 0 Å². The molecule has 0 aromatic carbocycles. The zero-order valence-corrected chi connectivity index (χ0v) is 16.2. The van der Waals surface area contributed by atoms with Crippen LogP contribution in [-0.4, -0.2) is 44.4 Å². The van der Waals surface area contributed by atoms with Crippen LogP contribution >= 0.6 is 0 Å². The molecule has 0 amide bonds. The lowest BCUT2D eigenvalue weighted by Crippen LogP contribution is -2.67. The number of carbonyl (C=O) groups is 2. The van der Waals surface area contributed by atoms with Gasteiger partial charge in [-0.25, -0.2) is 4.39 Å². The Balaban J connectivity index is 1.78. The number of hydrogen-bond donors (Lipinski definition) is 3. The van der Waals surface area contributed by atoms with Crippen molar-refractivity contribution in [1.82, 2.24) is 0 Å². The number of carbonyl (C=O) groups excluding carboxylic acids is 1. The summed E-state index contributed by atoms with van der Waals surface area (Å²) in [6, 6.07) is 0. The molecule has 4 aliphatic rings. The maximum atomic E-state index is 16.8. The molecule has 0 bridgehead atoms. The van der Waals surface area contributed by atoms with Gasteiger partial charge in [-0.05, 0) is 56.3 Å². The highest BCUT2D eigenvalue weighted by molar-refractivity contribution is 6.01. The molecule has 4 rings (SSSR count). The molecule has 0 radical (unpaired) electrons. The number of ketones is 1. The molecule has 6 heteroatoms. The van der Waals surface area contributed by atoms with Crippen molar-refractivity contribution >= 4 is 11.8 Å². The van der Waals surface area contributed by atoms with Gasteiger partial charge in [-0.3, -0.25) is 9.59 Å². The quantitative estimate of drug-likeness (QED) is 0.689. The van der Waals surface area contributed by atoms with E-state index in [1.54, 1.807) is 25.2 Å². The second-order valence-electron chi connectivity index (χ2n) is 9.40. The van der Waals surface area contributed by atoms with E-state index in [1.807, 2.05) is 6.92 Å². The zero-order chi connectivity index (χ0) is 20.5. The second-order valence-corrected chi connectivity index (χ2v) is 9.40. The first-order valence-corrected chi connectivity index (χ1v) is 9.93. The van der Waals surface area contributed by atoms with E-state index in [4.69, 9.17) is 5.11 Å². The van der Waals surface area contributed by atoms with E-state index < -0.39 is 40.1 Å². The number of hydrogen-bond acceptors (Lipinski definition) is 4. The second kappa shape index (κ2) is 5.86. The number of aliphatic hydroxyl groups is 2. The number of aliphatic carboxylic acids is 1. The van der Waals surface area contributed by atoms with Gasteiger partial charge in [0.15, 0.2) is 11.5 Å². The Bertz CT molecular complexity index is 831. The maximum Gasteiger partial charge on any atom is 0.303 e. The van der Waals surface area contributed by atoms with Crippen LogP contribution in [0.3, 0.4) is 0 Å². The molecule has 5 nitrogen and oxygen atoms in total. The number of halogens is 1. The summed E-state index contributed by atoms with van der Waals surface area (Å²) in [5, 5.41) is 31.5. The molecule has 4 aliphatic carbocycles. The van der Waals surface area contributed by atoms with Crippen LogP contribution in [0.25, 0.3) is 0 Å². The van der Waals surface area contributed by atoms with Crippen molar-refractivity contribution < 1.29 is 29.3 Å². The molecule has 2 saturated carbocycles. The Labute approximate surface area is 163 Å². The summed E-state index contributed by atoms with van der Waals surface area (Å²) in [6.07, 6.45) is 7.47. The van der Waals surface area contributed by atoms with Crippen LogP contribution in [0.2, 0.25) is 0 Å². The SMILES string of the molecule is C[C@]12C=CC(=O)C=C1C=C[C@H]1[C@@H]3CC[C@](O)(CCC(=O)O)[C@@]3(C)CC(O)[C@@]12F. The summed E-state index contributed by atoms with van der Waals surface area (Å²) in [7, 11) is 0. The summed E-state index contributed by atoms with van der Waals surface area (Å²) in [5.41, 5.74) is -4.59. The molecular weight excluding hydrogens is 363 g/mol. The smallest absolute Gasteiger partial charge is 0.303 e. The third kappa shape index (κ3) is 2.25. The van der Waals surface area contributed by atoms with Crippen LogP contribution in [-0.2, 0) is 9.59 Å². The van der Waals surface area contributed by atoms with E-state index in [0.717, 1.165) is 0 Å². The first-order valence-electron chi connectivity index (χ1n) is 9.93. The van der Waals surface area contributed by atoms with Gasteiger partial charge in [0.1, 0.15) is 0 Å². The van der Waals surface area contributed by atoms with Gasteiger partial charge < -0.3 is 15.3 Å². The Morgan fingerprint density at radius 3 is 2.71 bits per heavy atom. The number of aliphatic hydroxyl groups excluding tert-OH is 1. The van der Waals surface area contributed by atoms with Crippen molar-refractivity contribution in [3.05, 3.63) is 36.0 Å². The van der Waals surface area contributed by atoms with E-state index >= 15 is 4.39 Å². The van der Waals surface area contributed by atoms with Gasteiger partial charge in [-0.2, -0.15) is 0 Å². The fourth-order valence-corrected chi connectivity index (χ4v) is 6.49. The lowest BCUT2D eigenvalue weighted by molar-refractivity contribution is -0.201. The normalized spacial score (nSPS) is 49.2. The number of carboxylic acids is 1. The molecule has 0 heterocycles. The van der Waals surface area contributed by atoms with Gasteiger partial charge in [-0.15, -0.1) is 0 Å². The molecule has 0 saturated heterocycles. The third-order valence-electron chi connectivity index (χ3n) is 8.28. The summed E-state index contributed by atoms with van der Waals surface area (Å²) in [4.78, 5) is 22.8. The minimum Gasteiger partial charge on any atom is -0.481 e. The van der Waals surface area contributed by atoms with Gasteiger partial charge in [-0.1, -0.05) is 25.2 Å². The Hall–Kier alpha value is -1.79. The lowest BCUT2D eigenvalue weighted by atomic mass is 9.46. The standard InChI is InChI=1S/C22H27FO5/c1-19-8-5-14(24)11-13(19)3-4-16-15-6-9-21(28,10-7-18(26)27)20(15,2)12-17(25)22(16,19)23/h3-5,8,11,15-17,25,28H,6-7,9-10,12H2,1-2H3,(H,26,27)/t15-,16-,17?,19-,20-,21-,22-/m0/s1. The summed E-state index contributed by atoms with van der Waals surface area (Å²) in [5.74, 6) is -2.02. The summed E-state index contributed by atoms with van der Waals surface area (Å²) in [6.45, 7) is 3.58. The molecule has 3 N–H and O–H groups in total. The van der Waals surface area contributed by atoms with Gasteiger partial charge in [0.2, 0.25) is 0 Å². The van der Waals surface area contributed by atoms with Gasteiger partial charge in [0, 0.05) is 23.2 Å². The number of alkyl halides is 1. The first kappa shape index (κ1) is 19.5. The monoisotopic (exact) mass is 390 g/mol. The van der Waals surface area contributed by atoms with Crippen LogP contribution in [0.4, 0.5) is 4.39 Å². The van der Waals surface area contributed by atoms with E-state index in [0.29, 0.717) is 18.4 Å². The third-order valence-corrected chi connectivity index (χ3v) is 8.28. The van der Waals surface area contributed by atoms with Crippen LogP contribution < -0.4 is 0 Å². The van der Waals surface area contributed by atoms with E-state index in [9.17, 15) is 19.8 Å². The highest BCUT2D eigenvalue weighted by Crippen LogP contribution is 2.68. The summed E-state index contributed by atoms with van der Waals surface area (Å²) >= 11 is 0. The molecule has 1 unspecified atom stereocenters. The Kier molecular flexibility index (Phi) is 4.09. The van der Waals surface area contributed by atoms with Crippen molar-refractivity contribution in [3.63, 3.8) is 0 Å². The fourth-order valence-electron chi connectivity index (χ4n) is 6.49. The van der Waals surface area contributed by atoms with Crippen LogP contribution in [0.5, 0.6) is 0 Å².